The fourth-order valence-electron chi connectivity index (χ4n) is 11.8. The molecule has 11 rings (SSSR count). The van der Waals surface area contributed by atoms with Crippen LogP contribution in [0.4, 0.5) is 9.59 Å². The molecule has 3 aliphatic heterocycles. The van der Waals surface area contributed by atoms with Crippen LogP contribution in [-0.2, 0) is 36.6 Å². The van der Waals surface area contributed by atoms with Crippen molar-refractivity contribution < 1.29 is 33.4 Å². The number of rotatable bonds is 10. The number of imidazole rings is 2. The Bertz CT molecular complexity index is 2890. The van der Waals surface area contributed by atoms with Crippen molar-refractivity contribution in [3.63, 3.8) is 0 Å². The van der Waals surface area contributed by atoms with Gasteiger partial charge in [-0.15, -0.1) is 0 Å². The Morgan fingerprint density at radius 3 is 2.22 bits per heavy atom. The molecule has 5 heterocycles. The third-order valence-corrected chi connectivity index (χ3v) is 15.2. The van der Waals surface area contributed by atoms with Crippen LogP contribution in [0.1, 0.15) is 91.4 Å². The molecule has 350 valence electrons. The monoisotopic (exact) mass is 916 g/mol. The largest absolute Gasteiger partial charge is 0.453 e. The van der Waals surface area contributed by atoms with E-state index in [0.29, 0.717) is 38.2 Å². The number of carbonyl (C=O) groups is 4. The third-order valence-electron chi connectivity index (χ3n) is 15.2. The predicted molar refractivity (Wildman–Crippen MR) is 254 cm³/mol. The van der Waals surface area contributed by atoms with E-state index in [2.05, 4.69) is 75.2 Å². The number of alkyl carbamates (subject to hydrolysis) is 2. The quantitative estimate of drug-likeness (QED) is 0.105. The maximum Gasteiger partial charge on any atom is 0.407 e. The van der Waals surface area contributed by atoms with E-state index >= 15 is 0 Å². The number of likely N-dealkylation sites (tertiary alicyclic amines) is 2. The van der Waals surface area contributed by atoms with E-state index in [1.165, 1.54) is 36.5 Å². The number of hydrogen-bond acceptors (Lipinski definition) is 9. The summed E-state index contributed by atoms with van der Waals surface area (Å²) in [6.07, 6.45) is 8.29. The van der Waals surface area contributed by atoms with Crippen molar-refractivity contribution in [3.8, 4) is 33.5 Å². The lowest BCUT2D eigenvalue weighted by Gasteiger charge is -2.36. The molecule has 2 aliphatic carbocycles. The van der Waals surface area contributed by atoms with Gasteiger partial charge in [0.2, 0.25) is 5.91 Å². The minimum atomic E-state index is -0.876. The lowest BCUT2D eigenvalue weighted by atomic mass is 9.83. The highest BCUT2D eigenvalue weighted by atomic mass is 16.5. The van der Waals surface area contributed by atoms with Crippen molar-refractivity contribution in [2.75, 3.05) is 34.0 Å². The van der Waals surface area contributed by atoms with Crippen LogP contribution in [0.15, 0.2) is 91.1 Å². The average Bonchev–Trinajstić information content (AvgIpc) is 4.26. The first kappa shape index (κ1) is 43.6. The molecule has 6 aromatic rings. The Balaban J connectivity index is 0.804. The van der Waals surface area contributed by atoms with Gasteiger partial charge in [0.25, 0.3) is 5.91 Å². The van der Waals surface area contributed by atoms with Crippen molar-refractivity contribution in [1.29, 1.82) is 0 Å². The number of aromatic nitrogens is 4. The summed E-state index contributed by atoms with van der Waals surface area (Å²) in [6, 6.07) is 27.1. The minimum absolute atomic E-state index is 0.0266. The number of carbonyl (C=O) groups excluding carboxylic acids is 4. The molecular formula is C53H56N8O7. The van der Waals surface area contributed by atoms with Crippen molar-refractivity contribution in [3.05, 3.63) is 119 Å². The molecule has 68 heavy (non-hydrogen) atoms. The van der Waals surface area contributed by atoms with Crippen molar-refractivity contribution in [2.45, 2.75) is 88.0 Å². The molecule has 6 atom stereocenters. The highest BCUT2D eigenvalue weighted by molar-refractivity contribution is 5.89. The van der Waals surface area contributed by atoms with Gasteiger partial charge in [-0.3, -0.25) is 9.59 Å². The summed E-state index contributed by atoms with van der Waals surface area (Å²) in [7, 11) is 2.62. The maximum atomic E-state index is 14.4. The second-order valence-electron chi connectivity index (χ2n) is 18.9. The van der Waals surface area contributed by atoms with Gasteiger partial charge in [-0.2, -0.15) is 0 Å². The molecule has 0 radical (unpaired) electrons. The van der Waals surface area contributed by atoms with E-state index in [1.807, 2.05) is 46.3 Å². The average molecular weight is 917 g/mol. The molecule has 15 heteroatoms. The number of methoxy groups -OCH3 is 2. The van der Waals surface area contributed by atoms with Gasteiger partial charge in [0.1, 0.15) is 23.7 Å². The Hall–Kier alpha value is -7.00. The molecule has 5 aliphatic rings. The summed E-state index contributed by atoms with van der Waals surface area (Å²) < 4.78 is 15.4. The molecule has 4 fully saturated rings. The van der Waals surface area contributed by atoms with Crippen LogP contribution in [0.3, 0.4) is 0 Å². The van der Waals surface area contributed by atoms with Gasteiger partial charge in [-0.1, -0.05) is 66.7 Å². The van der Waals surface area contributed by atoms with Crippen molar-refractivity contribution in [2.24, 2.45) is 11.8 Å². The lowest BCUT2D eigenvalue weighted by molar-refractivity contribution is -0.138. The SMILES string of the molecule is COC(=O)NC(C(=O)N1CCC[C@H]1c1ncc(-c2ccc3c(c2)CCc2cc(-c4ccc5nc([C@@H]6[C@H]7CC[C@H](C7)N6C(=O)[C@H](NC(=O)OC)c6ccccc6)[nH]c5c4)ccc2-3)[nH]1)C1CCOCC1. The number of aromatic amines is 2. The molecule has 15 nitrogen and oxygen atoms in total. The number of hydrogen-bond donors (Lipinski definition) is 4. The normalized spacial score (nSPS) is 21.8. The van der Waals surface area contributed by atoms with Crippen LogP contribution >= 0.6 is 0 Å². The number of nitrogens with zero attached hydrogens (tertiary/aromatic N) is 4. The summed E-state index contributed by atoms with van der Waals surface area (Å²) in [4.78, 5) is 74.3. The third kappa shape index (κ3) is 8.05. The van der Waals surface area contributed by atoms with Crippen LogP contribution in [0, 0.1) is 11.8 Å². The summed E-state index contributed by atoms with van der Waals surface area (Å²) >= 11 is 0. The number of nitrogens with one attached hydrogen (secondary N) is 4. The van der Waals surface area contributed by atoms with E-state index in [4.69, 9.17) is 24.2 Å². The molecular weight excluding hydrogens is 861 g/mol. The van der Waals surface area contributed by atoms with Gasteiger partial charge in [0.15, 0.2) is 0 Å². The zero-order valence-electron chi connectivity index (χ0n) is 38.3. The van der Waals surface area contributed by atoms with Gasteiger partial charge < -0.3 is 44.6 Å². The minimum Gasteiger partial charge on any atom is -0.453 e. The second-order valence-corrected chi connectivity index (χ2v) is 18.9. The van der Waals surface area contributed by atoms with Crippen LogP contribution < -0.4 is 10.6 Å². The van der Waals surface area contributed by atoms with Crippen LogP contribution in [0.5, 0.6) is 0 Å². The summed E-state index contributed by atoms with van der Waals surface area (Å²) in [5.74, 6) is 1.51. The van der Waals surface area contributed by atoms with Crippen LogP contribution in [-0.4, -0.2) is 99.8 Å². The maximum absolute atomic E-state index is 14.4. The summed E-state index contributed by atoms with van der Waals surface area (Å²) in [6.45, 7) is 1.72. The fraction of sp³-hybridized carbons (Fsp3) is 0.396. The highest BCUT2D eigenvalue weighted by Crippen LogP contribution is 2.51. The number of benzene rings is 4. The predicted octanol–water partition coefficient (Wildman–Crippen LogP) is 8.35. The lowest BCUT2D eigenvalue weighted by Crippen LogP contribution is -2.53. The van der Waals surface area contributed by atoms with Crippen LogP contribution in [0.2, 0.25) is 0 Å². The van der Waals surface area contributed by atoms with Crippen molar-refractivity contribution in [1.82, 2.24) is 40.4 Å². The molecule has 2 bridgehead atoms. The zero-order valence-corrected chi connectivity index (χ0v) is 38.3. The molecule has 4 aromatic carbocycles. The number of amides is 4. The Kier molecular flexibility index (Phi) is 11.7. The number of fused-ring (bicyclic) bond motifs is 6. The Morgan fingerprint density at radius 1 is 0.750 bits per heavy atom. The molecule has 1 saturated carbocycles. The molecule has 3 saturated heterocycles. The number of ether oxygens (including phenoxy) is 3. The standard InChI is InChI=1S/C53H56N8O7/c1-66-52(64)58-45(31-20-23-68-24-21-31)50(62)60-22-6-9-44(60)48-54-29-43(57-48)36-14-18-40-35(26-36)11-10-34-25-32(13-17-39(34)40)33-15-19-41-42(28-33)56-49(55-41)47-37-12-16-38(27-37)61(47)51(63)46(59-53(65)67-2)30-7-4-3-5-8-30/h3-5,7-8,13-15,17-19,25-26,28-29,31,37-38,44-47H,6,9-12,16,20-24,27H2,1-2H3,(H,54,57)(H,55,56)(H,58,64)(H,59,65)/t37-,38+,44-,45?,46+,47-/m0/s1. The molecule has 4 N–H and O–H groups in total. The smallest absolute Gasteiger partial charge is 0.407 e. The van der Waals surface area contributed by atoms with Gasteiger partial charge in [0, 0.05) is 25.8 Å². The Morgan fingerprint density at radius 2 is 1.46 bits per heavy atom. The van der Waals surface area contributed by atoms with Crippen LogP contribution in [0.25, 0.3) is 44.5 Å². The second kappa shape index (κ2) is 18.2. The van der Waals surface area contributed by atoms with E-state index in [1.54, 1.807) is 0 Å². The van der Waals surface area contributed by atoms with Gasteiger partial charge >= 0.3 is 12.2 Å². The molecule has 4 amide bonds. The van der Waals surface area contributed by atoms with Crippen molar-refractivity contribution >= 4 is 35.0 Å². The van der Waals surface area contributed by atoms with E-state index in [9.17, 15) is 19.2 Å². The highest BCUT2D eigenvalue weighted by Gasteiger charge is 2.51. The Labute approximate surface area is 394 Å². The summed E-state index contributed by atoms with van der Waals surface area (Å²) in [5.41, 5.74) is 11.7. The first-order valence-electron chi connectivity index (χ1n) is 24.0. The first-order valence-corrected chi connectivity index (χ1v) is 24.0. The van der Waals surface area contributed by atoms with E-state index in [0.717, 1.165) is 90.0 Å². The first-order chi connectivity index (χ1) is 33.2. The number of piperidine rings is 1. The zero-order chi connectivity index (χ0) is 46.5. The van der Waals surface area contributed by atoms with Gasteiger partial charge in [-0.05, 0) is 132 Å². The fourth-order valence-corrected chi connectivity index (χ4v) is 11.8. The van der Waals surface area contributed by atoms with Gasteiger partial charge in [0.05, 0.1) is 49.2 Å². The summed E-state index contributed by atoms with van der Waals surface area (Å²) in [5, 5.41) is 5.63. The van der Waals surface area contributed by atoms with E-state index < -0.39 is 24.3 Å². The molecule has 1 unspecified atom stereocenters. The molecule has 0 spiro atoms. The number of aryl methyl sites for hydroxylation is 2. The topological polar surface area (TPSA) is 184 Å². The molecule has 2 aromatic heterocycles. The van der Waals surface area contributed by atoms with Gasteiger partial charge in [-0.25, -0.2) is 19.6 Å². The number of H-pyrrole nitrogens is 2. The van der Waals surface area contributed by atoms with E-state index in [-0.39, 0.29) is 41.8 Å².